The van der Waals surface area contributed by atoms with E-state index in [0.717, 1.165) is 16.0 Å². The number of carboxylic acids is 1. The molecule has 7 nitrogen and oxygen atoms in total. The Bertz CT molecular complexity index is 910. The number of carbonyl (C=O) groups excluding carboxylic acids is 3. The van der Waals surface area contributed by atoms with Crippen molar-refractivity contribution in [1.29, 1.82) is 0 Å². The summed E-state index contributed by atoms with van der Waals surface area (Å²) in [5, 5.41) is 10.9. The first-order valence-corrected chi connectivity index (χ1v) is 7.75. The molecule has 0 radical (unpaired) electrons. The molecule has 0 spiro atoms. The van der Waals surface area contributed by atoms with Crippen LogP contribution in [-0.4, -0.2) is 35.1 Å². The fraction of sp³-hybridized carbons (Fsp3) is 0.222. The molecule has 1 aromatic carbocycles. The number of nitrogens with zero attached hydrogens (tertiary/aromatic N) is 2. The highest BCUT2D eigenvalue weighted by molar-refractivity contribution is 6.46. The summed E-state index contributed by atoms with van der Waals surface area (Å²) in [6, 6.07) is 7.48. The minimum atomic E-state index is -1.24. The molecule has 2 aromatic rings. The number of aliphatic imine (C=N–C) groups is 1. The quantitative estimate of drug-likeness (QED) is 0.823. The van der Waals surface area contributed by atoms with Crippen molar-refractivity contribution in [1.82, 2.24) is 4.90 Å². The van der Waals surface area contributed by atoms with E-state index < -0.39 is 17.9 Å². The van der Waals surface area contributed by atoms with Gasteiger partial charge in [0.25, 0.3) is 5.91 Å². The van der Waals surface area contributed by atoms with Gasteiger partial charge in [-0.15, -0.1) is 0 Å². The third-order valence-electron chi connectivity index (χ3n) is 4.00. The molecule has 128 valence electrons. The van der Waals surface area contributed by atoms with E-state index in [2.05, 4.69) is 4.99 Å². The molecule has 0 N–H and O–H groups in total. The van der Waals surface area contributed by atoms with Crippen molar-refractivity contribution in [2.45, 2.75) is 20.3 Å². The van der Waals surface area contributed by atoms with Crippen molar-refractivity contribution in [3.63, 3.8) is 0 Å². The van der Waals surface area contributed by atoms with Crippen LogP contribution in [0.4, 0.5) is 4.79 Å². The second kappa shape index (κ2) is 6.35. The Kier molecular flexibility index (Phi) is 4.22. The summed E-state index contributed by atoms with van der Waals surface area (Å²) in [7, 11) is 0. The normalized spacial score (nSPS) is 14.2. The Morgan fingerprint density at radius 3 is 2.60 bits per heavy atom. The van der Waals surface area contributed by atoms with Crippen LogP contribution in [0.2, 0.25) is 0 Å². The van der Waals surface area contributed by atoms with Crippen LogP contribution in [0.5, 0.6) is 0 Å². The largest absolute Gasteiger partial charge is 0.545 e. The summed E-state index contributed by atoms with van der Waals surface area (Å²) in [5.41, 5.74) is 1.71. The Morgan fingerprint density at radius 2 is 2.00 bits per heavy atom. The van der Waals surface area contributed by atoms with Gasteiger partial charge in [-0.2, -0.15) is 4.99 Å². The van der Waals surface area contributed by atoms with Gasteiger partial charge in [-0.05, 0) is 43.2 Å². The first-order chi connectivity index (χ1) is 11.9. The molecule has 0 saturated heterocycles. The maximum absolute atomic E-state index is 12.1. The van der Waals surface area contributed by atoms with Crippen molar-refractivity contribution in [2.24, 2.45) is 4.99 Å². The molecule has 0 unspecified atom stereocenters. The lowest BCUT2D eigenvalue weighted by Crippen LogP contribution is -2.32. The van der Waals surface area contributed by atoms with Crippen LogP contribution >= 0.6 is 0 Å². The Balaban J connectivity index is 1.82. The second-order valence-electron chi connectivity index (χ2n) is 5.65. The number of imide groups is 1. The maximum Gasteiger partial charge on any atom is 0.350 e. The van der Waals surface area contributed by atoms with E-state index in [1.54, 1.807) is 32.0 Å². The van der Waals surface area contributed by atoms with Gasteiger partial charge in [-0.25, -0.2) is 4.79 Å². The van der Waals surface area contributed by atoms with Gasteiger partial charge in [0, 0.05) is 12.1 Å². The van der Waals surface area contributed by atoms with Gasteiger partial charge in [-0.1, -0.05) is 12.1 Å². The molecule has 3 rings (SSSR count). The van der Waals surface area contributed by atoms with Gasteiger partial charge in [-0.3, -0.25) is 9.69 Å². The second-order valence-corrected chi connectivity index (χ2v) is 5.65. The maximum atomic E-state index is 12.1. The average molecular weight is 339 g/mol. The van der Waals surface area contributed by atoms with E-state index >= 15 is 0 Å². The first-order valence-electron chi connectivity index (χ1n) is 7.75. The summed E-state index contributed by atoms with van der Waals surface area (Å²) in [5.74, 6) is -0.601. The number of carboxylic acid groups (broad SMARTS) is 1. The van der Waals surface area contributed by atoms with Crippen molar-refractivity contribution in [3.05, 3.63) is 47.2 Å². The van der Waals surface area contributed by atoms with E-state index in [4.69, 9.17) is 4.42 Å². The highest BCUT2D eigenvalue weighted by atomic mass is 16.4. The molecule has 0 bridgehead atoms. The number of aromatic carboxylic acids is 1. The zero-order chi connectivity index (χ0) is 18.1. The monoisotopic (exact) mass is 339 g/mol. The summed E-state index contributed by atoms with van der Waals surface area (Å²) in [4.78, 5) is 39.4. The standard InChI is InChI=1S/C18H16N2O5/c1-3-20-16(21)14(19-18(20)24)9-12-5-7-15(25-12)13-6-4-11(17(22)23)8-10(13)2/h4-8H,3,9H2,1-2H3,(H,22,23)/p-1. The van der Waals surface area contributed by atoms with E-state index in [1.807, 2.05) is 0 Å². The molecular formula is C18H15N2O5-. The van der Waals surface area contributed by atoms with Crippen LogP contribution in [0, 0.1) is 6.92 Å². The van der Waals surface area contributed by atoms with E-state index in [1.165, 1.54) is 12.1 Å². The minimum Gasteiger partial charge on any atom is -0.545 e. The van der Waals surface area contributed by atoms with Crippen LogP contribution in [0.1, 0.15) is 28.6 Å². The zero-order valence-corrected chi connectivity index (χ0v) is 13.7. The molecule has 0 atom stereocenters. The number of furan rings is 1. The number of rotatable bonds is 5. The fourth-order valence-electron chi connectivity index (χ4n) is 2.71. The Labute approximate surface area is 143 Å². The summed E-state index contributed by atoms with van der Waals surface area (Å²) in [6.07, 6.45) is 0.122. The molecule has 0 saturated carbocycles. The Hall–Kier alpha value is -3.22. The molecule has 2 heterocycles. The summed E-state index contributed by atoms with van der Waals surface area (Å²) in [6.45, 7) is 3.75. The molecule has 1 aliphatic heterocycles. The van der Waals surface area contributed by atoms with Crippen LogP contribution in [-0.2, 0) is 11.2 Å². The molecule has 0 fully saturated rings. The molecule has 25 heavy (non-hydrogen) atoms. The van der Waals surface area contributed by atoms with E-state index in [9.17, 15) is 19.5 Å². The Morgan fingerprint density at radius 1 is 1.24 bits per heavy atom. The zero-order valence-electron chi connectivity index (χ0n) is 13.7. The smallest absolute Gasteiger partial charge is 0.350 e. The van der Waals surface area contributed by atoms with Gasteiger partial charge in [0.05, 0.1) is 12.4 Å². The molecular weight excluding hydrogens is 324 g/mol. The van der Waals surface area contributed by atoms with E-state index in [0.29, 0.717) is 11.5 Å². The lowest BCUT2D eigenvalue weighted by Gasteiger charge is -2.08. The van der Waals surface area contributed by atoms with Crippen LogP contribution in [0.25, 0.3) is 11.3 Å². The van der Waals surface area contributed by atoms with Crippen molar-refractivity contribution < 1.29 is 23.9 Å². The van der Waals surface area contributed by atoms with Gasteiger partial charge in [0.2, 0.25) is 0 Å². The minimum absolute atomic E-state index is 0.0945. The SMILES string of the molecule is CCN1C(=O)N=C(Cc2ccc(-c3ccc(C(=O)[O-])cc3C)o2)C1=O. The van der Waals surface area contributed by atoms with Crippen molar-refractivity contribution in [2.75, 3.05) is 6.54 Å². The van der Waals surface area contributed by atoms with Gasteiger partial charge in [0.15, 0.2) is 0 Å². The van der Waals surface area contributed by atoms with Crippen LogP contribution in [0.3, 0.4) is 0 Å². The third kappa shape index (κ3) is 3.08. The molecule has 1 aromatic heterocycles. The molecule has 3 amide bonds. The van der Waals surface area contributed by atoms with Crippen LogP contribution < -0.4 is 5.11 Å². The topological polar surface area (TPSA) is 103 Å². The lowest BCUT2D eigenvalue weighted by atomic mass is 10.0. The van der Waals surface area contributed by atoms with Crippen molar-refractivity contribution >= 4 is 23.6 Å². The summed E-state index contributed by atoms with van der Waals surface area (Å²) < 4.78 is 5.74. The number of hydrogen-bond donors (Lipinski definition) is 0. The highest BCUT2D eigenvalue weighted by Gasteiger charge is 2.32. The number of amides is 3. The third-order valence-corrected chi connectivity index (χ3v) is 4.00. The molecule has 7 heteroatoms. The number of carbonyl (C=O) groups is 3. The lowest BCUT2D eigenvalue weighted by molar-refractivity contribution is -0.255. The first kappa shape index (κ1) is 16.6. The van der Waals surface area contributed by atoms with Gasteiger partial charge in [0.1, 0.15) is 17.2 Å². The number of aryl methyl sites for hydroxylation is 1. The highest BCUT2D eigenvalue weighted by Crippen LogP contribution is 2.27. The number of urea groups is 1. The predicted molar refractivity (Wildman–Crippen MR) is 87.1 cm³/mol. The van der Waals surface area contributed by atoms with Gasteiger partial charge < -0.3 is 14.3 Å². The van der Waals surface area contributed by atoms with Crippen LogP contribution in [0.15, 0.2) is 39.7 Å². The summed E-state index contributed by atoms with van der Waals surface area (Å²) >= 11 is 0. The molecule has 0 aliphatic carbocycles. The number of hydrogen-bond acceptors (Lipinski definition) is 5. The average Bonchev–Trinajstić information content (AvgIpc) is 3.12. The predicted octanol–water partition coefficient (Wildman–Crippen LogP) is 1.58. The van der Waals surface area contributed by atoms with Crippen molar-refractivity contribution in [3.8, 4) is 11.3 Å². The molecule has 1 aliphatic rings. The fourth-order valence-corrected chi connectivity index (χ4v) is 2.71. The number of benzene rings is 1. The van der Waals surface area contributed by atoms with Gasteiger partial charge >= 0.3 is 6.03 Å². The van der Waals surface area contributed by atoms with E-state index in [-0.39, 0.29) is 24.2 Å².